The lowest BCUT2D eigenvalue weighted by Crippen LogP contribution is -2.44. The summed E-state index contributed by atoms with van der Waals surface area (Å²) in [6.45, 7) is 2.58. The molecule has 1 atom stereocenters. The van der Waals surface area contributed by atoms with E-state index in [-0.39, 0.29) is 24.3 Å². The highest BCUT2D eigenvalue weighted by Crippen LogP contribution is 2.23. The van der Waals surface area contributed by atoms with E-state index in [0.29, 0.717) is 25.1 Å². The molecule has 1 unspecified atom stereocenters. The van der Waals surface area contributed by atoms with Crippen molar-refractivity contribution in [3.05, 3.63) is 35.4 Å². The Morgan fingerprint density at radius 2 is 1.92 bits per heavy atom. The minimum atomic E-state index is -0.824. The number of nitrogens with one attached hydrogen (secondary N) is 1. The number of nitrogens with zero attached hydrogens (tertiary/aromatic N) is 1. The molecule has 0 bridgehead atoms. The van der Waals surface area contributed by atoms with Gasteiger partial charge in [0.05, 0.1) is 0 Å². The summed E-state index contributed by atoms with van der Waals surface area (Å²) < 4.78 is 0. The zero-order valence-corrected chi connectivity index (χ0v) is 14.0. The molecule has 0 radical (unpaired) electrons. The van der Waals surface area contributed by atoms with E-state index in [0.717, 1.165) is 24.8 Å². The molecule has 24 heavy (non-hydrogen) atoms. The van der Waals surface area contributed by atoms with Crippen LogP contribution in [-0.2, 0) is 16.1 Å². The number of hydrogen-bond acceptors (Lipinski definition) is 3. The van der Waals surface area contributed by atoms with Gasteiger partial charge in [-0.15, -0.1) is 0 Å². The third-order valence-electron chi connectivity index (χ3n) is 4.32. The van der Waals surface area contributed by atoms with E-state index in [2.05, 4.69) is 5.32 Å². The van der Waals surface area contributed by atoms with Crippen molar-refractivity contribution in [3.63, 3.8) is 0 Å². The van der Waals surface area contributed by atoms with Crippen LogP contribution in [-0.4, -0.2) is 40.4 Å². The lowest BCUT2D eigenvalue weighted by Gasteiger charge is -2.35. The Bertz CT molecular complexity index is 598. The maximum atomic E-state index is 12.7. The van der Waals surface area contributed by atoms with Crippen molar-refractivity contribution in [3.8, 4) is 0 Å². The monoisotopic (exact) mass is 332 g/mol. The largest absolute Gasteiger partial charge is 0.481 e. The second-order valence-corrected chi connectivity index (χ2v) is 6.19. The lowest BCUT2D eigenvalue weighted by atomic mass is 9.96. The molecule has 0 spiro atoms. The molecule has 1 aliphatic heterocycles. The van der Waals surface area contributed by atoms with E-state index in [9.17, 15) is 14.4 Å². The molecule has 2 amide bonds. The molecular formula is C18H24N2O4. The van der Waals surface area contributed by atoms with E-state index in [1.807, 2.05) is 17.0 Å². The molecule has 1 heterocycles. The van der Waals surface area contributed by atoms with Gasteiger partial charge in [0.2, 0.25) is 5.91 Å². The molecular weight excluding hydrogens is 308 g/mol. The molecule has 1 aromatic rings. The average Bonchev–Trinajstić information content (AvgIpc) is 2.58. The molecule has 1 fully saturated rings. The van der Waals surface area contributed by atoms with Crippen LogP contribution in [0.5, 0.6) is 0 Å². The SMILES string of the molecule is CC(=O)NCc1ccc(C(=O)N2CCCCC2CCC(=O)O)cc1. The smallest absolute Gasteiger partial charge is 0.303 e. The second kappa shape index (κ2) is 8.47. The van der Waals surface area contributed by atoms with Crippen LogP contribution in [0, 0.1) is 0 Å². The van der Waals surface area contributed by atoms with Crippen LogP contribution in [0.15, 0.2) is 24.3 Å². The first-order valence-corrected chi connectivity index (χ1v) is 8.33. The summed E-state index contributed by atoms with van der Waals surface area (Å²) in [4.78, 5) is 36.3. The first kappa shape index (κ1) is 18.0. The topological polar surface area (TPSA) is 86.7 Å². The number of carboxylic acid groups (broad SMARTS) is 1. The number of benzene rings is 1. The number of piperidine rings is 1. The van der Waals surface area contributed by atoms with E-state index < -0.39 is 5.97 Å². The van der Waals surface area contributed by atoms with Gasteiger partial charge in [-0.05, 0) is 43.4 Å². The maximum Gasteiger partial charge on any atom is 0.303 e. The number of likely N-dealkylation sites (tertiary alicyclic amines) is 1. The Morgan fingerprint density at radius 3 is 2.54 bits per heavy atom. The number of rotatable bonds is 6. The highest BCUT2D eigenvalue weighted by atomic mass is 16.4. The number of carbonyl (C=O) groups is 3. The van der Waals surface area contributed by atoms with Gasteiger partial charge in [0, 0.05) is 38.0 Å². The first-order valence-electron chi connectivity index (χ1n) is 8.33. The predicted octanol–water partition coefficient (Wildman–Crippen LogP) is 2.18. The molecule has 6 heteroatoms. The highest BCUT2D eigenvalue weighted by molar-refractivity contribution is 5.94. The summed E-state index contributed by atoms with van der Waals surface area (Å²) in [5.41, 5.74) is 1.53. The molecule has 2 N–H and O–H groups in total. The van der Waals surface area contributed by atoms with Crippen LogP contribution in [0.4, 0.5) is 0 Å². The third-order valence-corrected chi connectivity index (χ3v) is 4.32. The average molecular weight is 332 g/mol. The van der Waals surface area contributed by atoms with Crippen LogP contribution in [0.1, 0.15) is 54.9 Å². The van der Waals surface area contributed by atoms with Crippen LogP contribution in [0.25, 0.3) is 0 Å². The highest BCUT2D eigenvalue weighted by Gasteiger charge is 2.27. The first-order chi connectivity index (χ1) is 11.5. The Hall–Kier alpha value is -2.37. The molecule has 0 aromatic heterocycles. The minimum Gasteiger partial charge on any atom is -0.481 e. The van der Waals surface area contributed by atoms with Crippen molar-refractivity contribution >= 4 is 17.8 Å². The Kier molecular flexibility index (Phi) is 6.35. The van der Waals surface area contributed by atoms with Gasteiger partial charge in [-0.1, -0.05) is 12.1 Å². The molecule has 0 saturated carbocycles. The summed E-state index contributed by atoms with van der Waals surface area (Å²) in [5, 5.41) is 11.6. The molecule has 0 aliphatic carbocycles. The fourth-order valence-electron chi connectivity index (χ4n) is 3.02. The molecule has 1 aromatic carbocycles. The number of hydrogen-bond donors (Lipinski definition) is 2. The lowest BCUT2D eigenvalue weighted by molar-refractivity contribution is -0.137. The van der Waals surface area contributed by atoms with Gasteiger partial charge >= 0.3 is 5.97 Å². The van der Waals surface area contributed by atoms with E-state index in [4.69, 9.17) is 5.11 Å². The summed E-state index contributed by atoms with van der Waals surface area (Å²) >= 11 is 0. The van der Waals surface area contributed by atoms with E-state index >= 15 is 0 Å². The Labute approximate surface area is 141 Å². The van der Waals surface area contributed by atoms with Gasteiger partial charge in [0.15, 0.2) is 0 Å². The van der Waals surface area contributed by atoms with Gasteiger partial charge in [0.1, 0.15) is 0 Å². The van der Waals surface area contributed by atoms with Crippen molar-refractivity contribution in [2.24, 2.45) is 0 Å². The molecule has 6 nitrogen and oxygen atoms in total. The van der Waals surface area contributed by atoms with Crippen LogP contribution in [0.2, 0.25) is 0 Å². The summed E-state index contributed by atoms with van der Waals surface area (Å²) in [6.07, 6.45) is 3.44. The zero-order chi connectivity index (χ0) is 17.5. The fourth-order valence-corrected chi connectivity index (χ4v) is 3.02. The number of carbonyl (C=O) groups excluding carboxylic acids is 2. The standard InChI is InChI=1S/C18H24N2O4/c1-13(21)19-12-14-5-7-15(8-6-14)18(24)20-11-3-2-4-16(20)9-10-17(22)23/h5-8,16H,2-4,9-12H2,1H3,(H,19,21)(H,22,23). The normalized spacial score (nSPS) is 17.4. The van der Waals surface area contributed by atoms with Gasteiger partial charge in [0.25, 0.3) is 5.91 Å². The van der Waals surface area contributed by atoms with Crippen molar-refractivity contribution in [2.75, 3.05) is 6.54 Å². The predicted molar refractivity (Wildman–Crippen MR) is 89.5 cm³/mol. The van der Waals surface area contributed by atoms with Crippen LogP contribution >= 0.6 is 0 Å². The summed E-state index contributed by atoms with van der Waals surface area (Å²) in [5.74, 6) is -0.962. The third kappa shape index (κ3) is 5.08. The van der Waals surface area contributed by atoms with Gasteiger partial charge in [-0.25, -0.2) is 0 Å². The summed E-state index contributed by atoms with van der Waals surface area (Å²) in [6, 6.07) is 7.20. The van der Waals surface area contributed by atoms with E-state index in [1.165, 1.54) is 6.92 Å². The van der Waals surface area contributed by atoms with Gasteiger partial charge < -0.3 is 15.3 Å². The van der Waals surface area contributed by atoms with E-state index in [1.54, 1.807) is 12.1 Å². The number of amides is 2. The Balaban J connectivity index is 2.02. The molecule has 1 aliphatic rings. The van der Waals surface area contributed by atoms with Crippen molar-refractivity contribution in [1.82, 2.24) is 10.2 Å². The van der Waals surface area contributed by atoms with Crippen molar-refractivity contribution < 1.29 is 19.5 Å². The molecule has 1 saturated heterocycles. The summed E-state index contributed by atoms with van der Waals surface area (Å²) in [7, 11) is 0. The van der Waals surface area contributed by atoms with Gasteiger partial charge in [-0.3, -0.25) is 14.4 Å². The van der Waals surface area contributed by atoms with Crippen molar-refractivity contribution in [2.45, 2.75) is 51.6 Å². The minimum absolute atomic E-state index is 0.00130. The molecule has 130 valence electrons. The maximum absolute atomic E-state index is 12.7. The Morgan fingerprint density at radius 1 is 1.21 bits per heavy atom. The fraction of sp³-hybridized carbons (Fsp3) is 0.500. The van der Waals surface area contributed by atoms with Crippen LogP contribution in [0.3, 0.4) is 0 Å². The number of carboxylic acids is 1. The van der Waals surface area contributed by atoms with Gasteiger partial charge in [-0.2, -0.15) is 0 Å². The molecule has 2 rings (SSSR count). The second-order valence-electron chi connectivity index (χ2n) is 6.19. The zero-order valence-electron chi connectivity index (χ0n) is 14.0. The van der Waals surface area contributed by atoms with Crippen LogP contribution < -0.4 is 5.32 Å². The number of aliphatic carboxylic acids is 1. The van der Waals surface area contributed by atoms with Crippen molar-refractivity contribution in [1.29, 1.82) is 0 Å². The quantitative estimate of drug-likeness (QED) is 0.836.